The summed E-state index contributed by atoms with van der Waals surface area (Å²) in [6.45, 7) is 7.45. The van der Waals surface area contributed by atoms with Crippen molar-refractivity contribution in [3.63, 3.8) is 0 Å². The second kappa shape index (κ2) is 3.50. The number of aryl methyl sites for hydroxylation is 1. The first kappa shape index (κ1) is 10.3. The fourth-order valence-electron chi connectivity index (χ4n) is 1.46. The molecule has 3 heteroatoms. The molecule has 3 nitrogen and oxygen atoms in total. The molecule has 1 N–H and O–H groups in total. The quantitative estimate of drug-likeness (QED) is 0.748. The maximum Gasteiger partial charge on any atom is 0.0949 e. The molecule has 1 aromatic rings. The van der Waals surface area contributed by atoms with Crippen molar-refractivity contribution in [2.45, 2.75) is 32.7 Å². The standard InChI is InChI=1S/C10H19N3/c1-10(2,3)9-8(6-11-4)13(5)7-12-9/h7,11H,6H2,1-5H3. The largest absolute Gasteiger partial charge is 0.336 e. The molecule has 0 radical (unpaired) electrons. The van der Waals surface area contributed by atoms with Crippen LogP contribution < -0.4 is 5.32 Å². The molecular formula is C10H19N3. The molecule has 0 aromatic carbocycles. The zero-order valence-corrected chi connectivity index (χ0v) is 9.18. The fraction of sp³-hybridized carbons (Fsp3) is 0.700. The number of aromatic nitrogens is 2. The van der Waals surface area contributed by atoms with E-state index >= 15 is 0 Å². The van der Waals surface area contributed by atoms with Crippen LogP contribution in [-0.4, -0.2) is 16.6 Å². The number of rotatable bonds is 2. The maximum atomic E-state index is 4.43. The van der Waals surface area contributed by atoms with Gasteiger partial charge in [0.15, 0.2) is 0 Å². The summed E-state index contributed by atoms with van der Waals surface area (Å²) >= 11 is 0. The lowest BCUT2D eigenvalue weighted by atomic mass is 9.90. The Labute approximate surface area is 80.2 Å². The molecule has 0 spiro atoms. The molecule has 0 fully saturated rings. The van der Waals surface area contributed by atoms with Crippen LogP contribution in [0.1, 0.15) is 32.2 Å². The average molecular weight is 181 g/mol. The molecule has 74 valence electrons. The highest BCUT2D eigenvalue weighted by atomic mass is 15.1. The van der Waals surface area contributed by atoms with E-state index in [-0.39, 0.29) is 5.41 Å². The van der Waals surface area contributed by atoms with Crippen LogP contribution in [0.4, 0.5) is 0 Å². The fourth-order valence-corrected chi connectivity index (χ4v) is 1.46. The second-order valence-electron chi connectivity index (χ2n) is 4.43. The molecule has 1 aromatic heterocycles. The van der Waals surface area contributed by atoms with Gasteiger partial charge in [-0.2, -0.15) is 0 Å². The SMILES string of the molecule is CNCc1c(C(C)(C)C)ncn1C. The summed E-state index contributed by atoms with van der Waals surface area (Å²) in [4.78, 5) is 4.43. The minimum absolute atomic E-state index is 0.132. The van der Waals surface area contributed by atoms with Crippen LogP contribution in [0.5, 0.6) is 0 Å². The zero-order valence-electron chi connectivity index (χ0n) is 9.18. The zero-order chi connectivity index (χ0) is 10.1. The number of nitrogens with one attached hydrogen (secondary N) is 1. The van der Waals surface area contributed by atoms with Crippen molar-refractivity contribution >= 4 is 0 Å². The van der Waals surface area contributed by atoms with Crippen LogP contribution in [0, 0.1) is 0 Å². The third kappa shape index (κ3) is 2.10. The van der Waals surface area contributed by atoms with E-state index in [4.69, 9.17) is 0 Å². The summed E-state index contributed by atoms with van der Waals surface area (Å²) in [6, 6.07) is 0. The molecule has 0 saturated carbocycles. The topological polar surface area (TPSA) is 29.9 Å². The Morgan fingerprint density at radius 3 is 2.54 bits per heavy atom. The van der Waals surface area contributed by atoms with Gasteiger partial charge < -0.3 is 9.88 Å². The molecule has 0 saturated heterocycles. The summed E-state index contributed by atoms with van der Waals surface area (Å²) in [6.07, 6.45) is 1.88. The summed E-state index contributed by atoms with van der Waals surface area (Å²) in [5.74, 6) is 0. The highest BCUT2D eigenvalue weighted by molar-refractivity contribution is 5.20. The number of imidazole rings is 1. The number of hydrogen-bond acceptors (Lipinski definition) is 2. The van der Waals surface area contributed by atoms with Crippen molar-refractivity contribution in [1.29, 1.82) is 0 Å². The molecule has 0 aliphatic carbocycles. The third-order valence-corrected chi connectivity index (χ3v) is 2.11. The summed E-state index contributed by atoms with van der Waals surface area (Å²) < 4.78 is 2.08. The van der Waals surface area contributed by atoms with Gasteiger partial charge in [-0.25, -0.2) is 4.98 Å². The van der Waals surface area contributed by atoms with Gasteiger partial charge in [0, 0.05) is 19.0 Å². The minimum atomic E-state index is 0.132. The van der Waals surface area contributed by atoms with E-state index in [2.05, 4.69) is 35.6 Å². The first-order valence-corrected chi connectivity index (χ1v) is 4.62. The van der Waals surface area contributed by atoms with Crippen molar-refractivity contribution in [3.8, 4) is 0 Å². The highest BCUT2D eigenvalue weighted by Crippen LogP contribution is 2.23. The van der Waals surface area contributed by atoms with Crippen molar-refractivity contribution in [3.05, 3.63) is 17.7 Å². The second-order valence-corrected chi connectivity index (χ2v) is 4.43. The normalized spacial score (nSPS) is 12.1. The predicted molar refractivity (Wildman–Crippen MR) is 54.7 cm³/mol. The Morgan fingerprint density at radius 2 is 2.08 bits per heavy atom. The molecular weight excluding hydrogens is 162 g/mol. The predicted octanol–water partition coefficient (Wildman–Crippen LogP) is 1.44. The van der Waals surface area contributed by atoms with Crippen LogP contribution in [-0.2, 0) is 19.0 Å². The molecule has 0 aliphatic rings. The van der Waals surface area contributed by atoms with Gasteiger partial charge in [-0.15, -0.1) is 0 Å². The van der Waals surface area contributed by atoms with Crippen molar-refractivity contribution in [2.24, 2.45) is 7.05 Å². The van der Waals surface area contributed by atoms with Crippen LogP contribution in [0.2, 0.25) is 0 Å². The lowest BCUT2D eigenvalue weighted by Gasteiger charge is -2.18. The van der Waals surface area contributed by atoms with Gasteiger partial charge in [-0.1, -0.05) is 20.8 Å². The average Bonchev–Trinajstić information content (AvgIpc) is 2.32. The Hall–Kier alpha value is -0.830. The molecule has 0 atom stereocenters. The Morgan fingerprint density at radius 1 is 1.46 bits per heavy atom. The summed E-state index contributed by atoms with van der Waals surface area (Å²) in [5, 5.41) is 3.16. The minimum Gasteiger partial charge on any atom is -0.336 e. The Kier molecular flexibility index (Phi) is 2.76. The van der Waals surface area contributed by atoms with Gasteiger partial charge in [-0.3, -0.25) is 0 Å². The van der Waals surface area contributed by atoms with Gasteiger partial charge in [0.1, 0.15) is 0 Å². The van der Waals surface area contributed by atoms with Gasteiger partial charge >= 0.3 is 0 Å². The van der Waals surface area contributed by atoms with Gasteiger partial charge in [-0.05, 0) is 7.05 Å². The molecule has 0 bridgehead atoms. The van der Waals surface area contributed by atoms with E-state index < -0.39 is 0 Å². The van der Waals surface area contributed by atoms with Crippen LogP contribution in [0.3, 0.4) is 0 Å². The maximum absolute atomic E-state index is 4.43. The van der Waals surface area contributed by atoms with Crippen molar-refractivity contribution in [2.75, 3.05) is 7.05 Å². The molecule has 0 unspecified atom stereocenters. The first-order chi connectivity index (χ1) is 5.96. The van der Waals surface area contributed by atoms with E-state index in [0.29, 0.717) is 0 Å². The Balaban J connectivity index is 3.07. The molecule has 13 heavy (non-hydrogen) atoms. The highest BCUT2D eigenvalue weighted by Gasteiger charge is 2.21. The monoisotopic (exact) mass is 181 g/mol. The molecule has 0 amide bonds. The van der Waals surface area contributed by atoms with Crippen molar-refractivity contribution in [1.82, 2.24) is 14.9 Å². The smallest absolute Gasteiger partial charge is 0.0949 e. The number of nitrogens with zero attached hydrogens (tertiary/aromatic N) is 2. The van der Waals surface area contributed by atoms with Crippen LogP contribution >= 0.6 is 0 Å². The molecule has 1 heterocycles. The van der Waals surface area contributed by atoms with Gasteiger partial charge in [0.05, 0.1) is 17.7 Å². The van der Waals surface area contributed by atoms with Crippen molar-refractivity contribution < 1.29 is 0 Å². The van der Waals surface area contributed by atoms with E-state index in [1.165, 1.54) is 11.4 Å². The third-order valence-electron chi connectivity index (χ3n) is 2.11. The van der Waals surface area contributed by atoms with E-state index in [9.17, 15) is 0 Å². The summed E-state index contributed by atoms with van der Waals surface area (Å²) in [7, 11) is 3.99. The van der Waals surface area contributed by atoms with E-state index in [1.54, 1.807) is 0 Å². The number of hydrogen-bond donors (Lipinski definition) is 1. The van der Waals surface area contributed by atoms with E-state index in [1.807, 2.05) is 20.4 Å². The van der Waals surface area contributed by atoms with E-state index in [0.717, 1.165) is 6.54 Å². The van der Waals surface area contributed by atoms with Crippen LogP contribution in [0.15, 0.2) is 6.33 Å². The van der Waals surface area contributed by atoms with Gasteiger partial charge in [0.2, 0.25) is 0 Å². The molecule has 1 rings (SSSR count). The van der Waals surface area contributed by atoms with Gasteiger partial charge in [0.25, 0.3) is 0 Å². The summed E-state index contributed by atoms with van der Waals surface area (Å²) in [5.41, 5.74) is 2.59. The Bertz CT molecular complexity index is 281. The first-order valence-electron chi connectivity index (χ1n) is 4.62. The lowest BCUT2D eigenvalue weighted by molar-refractivity contribution is 0.556. The lowest BCUT2D eigenvalue weighted by Crippen LogP contribution is -2.19. The van der Waals surface area contributed by atoms with Crippen LogP contribution in [0.25, 0.3) is 0 Å². The molecule has 0 aliphatic heterocycles.